The molecule has 1 heterocycles. The Bertz CT molecular complexity index is 531. The highest BCUT2D eigenvalue weighted by Gasteiger charge is 2.35. The van der Waals surface area contributed by atoms with Gasteiger partial charge in [-0.3, -0.25) is 4.79 Å². The lowest BCUT2D eigenvalue weighted by atomic mass is 9.99. The highest BCUT2D eigenvalue weighted by Crippen LogP contribution is 2.35. The zero-order valence-corrected chi connectivity index (χ0v) is 11.4. The van der Waals surface area contributed by atoms with Crippen LogP contribution in [-0.2, 0) is 6.18 Å². The van der Waals surface area contributed by atoms with Crippen molar-refractivity contribution in [2.45, 2.75) is 31.5 Å². The van der Waals surface area contributed by atoms with Gasteiger partial charge in [-0.15, -0.1) is 0 Å². The number of rotatable bonds is 2. The predicted octanol–water partition coefficient (Wildman–Crippen LogP) is 2.27. The van der Waals surface area contributed by atoms with E-state index in [1.54, 1.807) is 0 Å². The lowest BCUT2D eigenvalue weighted by Crippen LogP contribution is -2.45. The van der Waals surface area contributed by atoms with Gasteiger partial charge in [0.2, 0.25) is 0 Å². The van der Waals surface area contributed by atoms with E-state index in [1.807, 2.05) is 0 Å². The van der Waals surface area contributed by atoms with E-state index in [0.29, 0.717) is 13.0 Å². The molecular formula is C14H17F3N2O2. The molecular weight excluding hydrogens is 285 g/mol. The number of carbonyl (C=O) groups is 1. The molecule has 3 N–H and O–H groups in total. The number of nitrogens with zero attached hydrogens (tertiary/aromatic N) is 1. The quantitative estimate of drug-likeness (QED) is 0.824. The molecule has 0 bridgehead atoms. The maximum atomic E-state index is 12.8. The topological polar surface area (TPSA) is 66.6 Å². The lowest BCUT2D eigenvalue weighted by molar-refractivity contribution is -0.136. The number of nitrogen functional groups attached to an aromatic ring is 1. The first-order valence-electron chi connectivity index (χ1n) is 6.73. The first-order chi connectivity index (χ1) is 9.86. The van der Waals surface area contributed by atoms with Crippen LogP contribution in [0.4, 0.5) is 18.9 Å². The van der Waals surface area contributed by atoms with Crippen LogP contribution >= 0.6 is 0 Å². The molecule has 7 heteroatoms. The number of halogens is 3. The Labute approximate surface area is 120 Å². The van der Waals surface area contributed by atoms with Crippen molar-refractivity contribution in [3.63, 3.8) is 0 Å². The molecule has 1 amide bonds. The lowest BCUT2D eigenvalue weighted by Gasteiger charge is -2.35. The van der Waals surface area contributed by atoms with E-state index in [2.05, 4.69) is 0 Å². The smallest absolute Gasteiger partial charge is 0.398 e. The van der Waals surface area contributed by atoms with Crippen molar-refractivity contribution in [2.24, 2.45) is 0 Å². The fourth-order valence-corrected chi connectivity index (χ4v) is 2.61. The molecule has 1 fully saturated rings. The first kappa shape index (κ1) is 15.6. The van der Waals surface area contributed by atoms with Crippen LogP contribution in [-0.4, -0.2) is 35.1 Å². The normalized spacial score (nSPS) is 19.6. The van der Waals surface area contributed by atoms with Crippen LogP contribution in [0, 0.1) is 0 Å². The van der Waals surface area contributed by atoms with Crippen molar-refractivity contribution in [3.8, 4) is 0 Å². The largest absolute Gasteiger partial charge is 0.418 e. The molecule has 0 saturated carbocycles. The average molecular weight is 302 g/mol. The van der Waals surface area contributed by atoms with Crippen LogP contribution in [0.3, 0.4) is 0 Å². The van der Waals surface area contributed by atoms with E-state index in [-0.39, 0.29) is 18.2 Å². The van der Waals surface area contributed by atoms with Crippen molar-refractivity contribution in [1.82, 2.24) is 4.90 Å². The molecule has 2 rings (SSSR count). The van der Waals surface area contributed by atoms with E-state index in [1.165, 1.54) is 17.0 Å². The summed E-state index contributed by atoms with van der Waals surface area (Å²) in [6, 6.07) is 2.95. The summed E-state index contributed by atoms with van der Waals surface area (Å²) in [6.45, 7) is 0.213. The Morgan fingerprint density at radius 3 is 2.71 bits per heavy atom. The van der Waals surface area contributed by atoms with E-state index in [9.17, 15) is 23.1 Å². The van der Waals surface area contributed by atoms with Crippen LogP contribution in [0.25, 0.3) is 0 Å². The number of aliphatic hydroxyl groups is 1. The van der Waals surface area contributed by atoms with Gasteiger partial charge >= 0.3 is 6.18 Å². The number of hydrogen-bond acceptors (Lipinski definition) is 3. The zero-order valence-electron chi connectivity index (χ0n) is 11.4. The van der Waals surface area contributed by atoms with E-state index in [0.717, 1.165) is 18.9 Å². The molecule has 1 aromatic carbocycles. The number of aliphatic hydroxyl groups excluding tert-OH is 1. The number of amides is 1. The third-order valence-electron chi connectivity index (χ3n) is 3.74. The average Bonchev–Trinajstić information content (AvgIpc) is 2.45. The van der Waals surface area contributed by atoms with Crippen molar-refractivity contribution >= 4 is 11.6 Å². The first-order valence-corrected chi connectivity index (χ1v) is 6.73. The monoisotopic (exact) mass is 302 g/mol. The van der Waals surface area contributed by atoms with Gasteiger partial charge in [0.15, 0.2) is 0 Å². The third-order valence-corrected chi connectivity index (χ3v) is 3.74. The Hall–Kier alpha value is -1.76. The standard InChI is InChI=1S/C14H17F3N2O2/c15-14(16,17)11-6-3-5-10(12(11)18)13(21)19-7-2-1-4-9(19)8-20/h3,5-6,9,20H,1-2,4,7-8,18H2. The highest BCUT2D eigenvalue weighted by molar-refractivity contribution is 6.00. The number of para-hydroxylation sites is 1. The second-order valence-electron chi connectivity index (χ2n) is 5.10. The molecule has 1 atom stereocenters. The number of hydrogen-bond donors (Lipinski definition) is 2. The van der Waals surface area contributed by atoms with Gasteiger partial charge in [0.05, 0.1) is 29.5 Å². The molecule has 1 saturated heterocycles. The summed E-state index contributed by atoms with van der Waals surface area (Å²) < 4.78 is 38.5. The van der Waals surface area contributed by atoms with Gasteiger partial charge in [-0.05, 0) is 31.4 Å². The van der Waals surface area contributed by atoms with E-state index in [4.69, 9.17) is 5.73 Å². The Morgan fingerprint density at radius 2 is 2.10 bits per heavy atom. The predicted molar refractivity (Wildman–Crippen MR) is 71.6 cm³/mol. The summed E-state index contributed by atoms with van der Waals surface area (Å²) in [5.74, 6) is -0.558. The minimum atomic E-state index is -4.60. The fourth-order valence-electron chi connectivity index (χ4n) is 2.61. The van der Waals surface area contributed by atoms with Crippen LogP contribution in [0.15, 0.2) is 18.2 Å². The molecule has 1 unspecified atom stereocenters. The second-order valence-corrected chi connectivity index (χ2v) is 5.10. The van der Waals surface area contributed by atoms with Crippen molar-refractivity contribution in [2.75, 3.05) is 18.9 Å². The molecule has 1 aliphatic heterocycles. The molecule has 0 spiro atoms. The van der Waals surface area contributed by atoms with Gasteiger partial charge in [0.1, 0.15) is 0 Å². The molecule has 0 aromatic heterocycles. The molecule has 1 aliphatic rings. The number of piperidine rings is 1. The summed E-state index contributed by atoms with van der Waals surface area (Å²) in [5, 5.41) is 9.31. The number of alkyl halides is 3. The number of carbonyl (C=O) groups excluding carboxylic acids is 1. The molecule has 0 radical (unpaired) electrons. The molecule has 116 valence electrons. The SMILES string of the molecule is Nc1c(C(=O)N2CCCCC2CO)cccc1C(F)(F)F. The Balaban J connectivity index is 2.35. The van der Waals surface area contributed by atoms with E-state index >= 15 is 0 Å². The minimum absolute atomic E-state index is 0.162. The molecule has 21 heavy (non-hydrogen) atoms. The number of likely N-dealkylation sites (tertiary alicyclic amines) is 1. The summed E-state index contributed by atoms with van der Waals surface area (Å²) in [6.07, 6.45) is -2.31. The molecule has 4 nitrogen and oxygen atoms in total. The van der Waals surface area contributed by atoms with Crippen LogP contribution < -0.4 is 5.73 Å². The molecule has 1 aromatic rings. The minimum Gasteiger partial charge on any atom is -0.398 e. The maximum Gasteiger partial charge on any atom is 0.418 e. The van der Waals surface area contributed by atoms with Crippen molar-refractivity contribution in [3.05, 3.63) is 29.3 Å². The van der Waals surface area contributed by atoms with Gasteiger partial charge in [0.25, 0.3) is 5.91 Å². The van der Waals surface area contributed by atoms with Gasteiger partial charge in [-0.25, -0.2) is 0 Å². The Kier molecular flexibility index (Phi) is 4.41. The number of benzene rings is 1. The van der Waals surface area contributed by atoms with Gasteiger partial charge in [0, 0.05) is 6.54 Å². The van der Waals surface area contributed by atoms with Gasteiger partial charge < -0.3 is 15.7 Å². The van der Waals surface area contributed by atoms with E-state index < -0.39 is 23.3 Å². The van der Waals surface area contributed by atoms with Gasteiger partial charge in [-0.2, -0.15) is 13.2 Å². The van der Waals surface area contributed by atoms with Crippen LogP contribution in [0.2, 0.25) is 0 Å². The van der Waals surface area contributed by atoms with Crippen molar-refractivity contribution < 1.29 is 23.1 Å². The second kappa shape index (κ2) is 5.93. The summed E-state index contributed by atoms with van der Waals surface area (Å²) >= 11 is 0. The molecule has 0 aliphatic carbocycles. The van der Waals surface area contributed by atoms with Crippen LogP contribution in [0.1, 0.15) is 35.2 Å². The third kappa shape index (κ3) is 3.12. The van der Waals surface area contributed by atoms with Crippen LogP contribution in [0.5, 0.6) is 0 Å². The Morgan fingerprint density at radius 1 is 1.38 bits per heavy atom. The highest BCUT2D eigenvalue weighted by atomic mass is 19.4. The number of nitrogens with two attached hydrogens (primary N) is 1. The van der Waals surface area contributed by atoms with Crippen molar-refractivity contribution in [1.29, 1.82) is 0 Å². The summed E-state index contributed by atoms with van der Waals surface area (Å²) in [5.41, 5.74) is 3.81. The van der Waals surface area contributed by atoms with Gasteiger partial charge in [-0.1, -0.05) is 6.07 Å². The summed E-state index contributed by atoms with van der Waals surface area (Å²) in [4.78, 5) is 13.8. The maximum absolute atomic E-state index is 12.8. The zero-order chi connectivity index (χ0) is 15.6. The summed E-state index contributed by atoms with van der Waals surface area (Å²) in [7, 11) is 0. The fraction of sp³-hybridized carbons (Fsp3) is 0.500. The number of anilines is 1.